The van der Waals surface area contributed by atoms with Crippen LogP contribution < -0.4 is 10.1 Å². The molecule has 1 aromatic rings. The van der Waals surface area contributed by atoms with E-state index in [0.717, 1.165) is 39.0 Å². The van der Waals surface area contributed by atoms with Gasteiger partial charge in [-0.1, -0.05) is 13.3 Å². The predicted octanol–water partition coefficient (Wildman–Crippen LogP) is 4.14. The highest BCUT2D eigenvalue weighted by Crippen LogP contribution is 2.39. The van der Waals surface area contributed by atoms with E-state index in [2.05, 4.69) is 33.1 Å². The van der Waals surface area contributed by atoms with Gasteiger partial charge in [0.2, 0.25) is 0 Å². The fourth-order valence-electron chi connectivity index (χ4n) is 2.88. The Kier molecular flexibility index (Phi) is 11.3. The van der Waals surface area contributed by atoms with Crippen molar-refractivity contribution >= 4 is 40.7 Å². The third kappa shape index (κ3) is 5.98. The van der Waals surface area contributed by atoms with Crippen molar-refractivity contribution in [2.75, 3.05) is 32.8 Å². The van der Waals surface area contributed by atoms with Gasteiger partial charge < -0.3 is 15.2 Å². The van der Waals surface area contributed by atoms with Crippen molar-refractivity contribution in [3.8, 4) is 11.5 Å². The van der Waals surface area contributed by atoms with E-state index in [0.29, 0.717) is 22.9 Å². The molecule has 1 aliphatic heterocycles. The Balaban J connectivity index is 0.00000242. The lowest BCUT2D eigenvalue weighted by atomic mass is 9.99. The number of benzene rings is 1. The molecule has 1 fully saturated rings. The number of hydrogen-bond acceptors (Lipinski definition) is 4. The number of nitrogens with one attached hydrogen (secondary N) is 1. The molecule has 1 saturated heterocycles. The van der Waals surface area contributed by atoms with Gasteiger partial charge in [-0.3, -0.25) is 4.90 Å². The third-order valence-electron chi connectivity index (χ3n) is 3.89. The first-order chi connectivity index (χ1) is 10.2. The minimum absolute atomic E-state index is 0. The molecule has 1 atom stereocenters. The van der Waals surface area contributed by atoms with E-state index in [4.69, 9.17) is 4.74 Å². The van der Waals surface area contributed by atoms with Crippen molar-refractivity contribution in [3.05, 3.63) is 22.2 Å². The number of aromatic hydroxyl groups is 1. The van der Waals surface area contributed by atoms with Gasteiger partial charge in [-0.05, 0) is 47.0 Å². The van der Waals surface area contributed by atoms with E-state index < -0.39 is 0 Å². The van der Waals surface area contributed by atoms with Gasteiger partial charge in [0.05, 0.1) is 11.1 Å². The zero-order valence-electron chi connectivity index (χ0n) is 13.7. The van der Waals surface area contributed by atoms with E-state index in [1.54, 1.807) is 0 Å². The lowest BCUT2D eigenvalue weighted by molar-refractivity contribution is 0.164. The SMILES string of the molecule is CCC[C@H](c1cc(Br)c(O)c(OCC)c1)N1CCNCC1.Cl.Cl. The monoisotopic (exact) mass is 428 g/mol. The van der Waals surface area contributed by atoms with E-state index >= 15 is 0 Å². The minimum atomic E-state index is 0. The molecule has 0 amide bonds. The summed E-state index contributed by atoms with van der Waals surface area (Å²) < 4.78 is 6.27. The average Bonchev–Trinajstić information content (AvgIpc) is 2.50. The summed E-state index contributed by atoms with van der Waals surface area (Å²) in [5, 5.41) is 13.5. The number of ether oxygens (including phenoxy) is 1. The lowest BCUT2D eigenvalue weighted by Gasteiger charge is -2.35. The highest BCUT2D eigenvalue weighted by atomic mass is 79.9. The van der Waals surface area contributed by atoms with Crippen LogP contribution >= 0.6 is 40.7 Å². The Bertz CT molecular complexity index is 472. The normalized spacial score (nSPS) is 16.1. The Morgan fingerprint density at radius 2 is 1.91 bits per heavy atom. The van der Waals surface area contributed by atoms with Crippen LogP contribution in [0.5, 0.6) is 11.5 Å². The van der Waals surface area contributed by atoms with Crippen LogP contribution in [0.3, 0.4) is 0 Å². The maximum absolute atomic E-state index is 10.1. The summed E-state index contributed by atoms with van der Waals surface area (Å²) in [5.41, 5.74) is 1.21. The highest BCUT2D eigenvalue weighted by Gasteiger charge is 2.23. The maximum atomic E-state index is 10.1. The summed E-state index contributed by atoms with van der Waals surface area (Å²) in [6, 6.07) is 4.40. The van der Waals surface area contributed by atoms with Gasteiger partial charge >= 0.3 is 0 Å². The number of rotatable bonds is 6. The standard InChI is InChI=1S/C16H25BrN2O2.2ClH/c1-3-5-14(19-8-6-18-7-9-19)12-10-13(17)16(20)15(11-12)21-4-2;;/h10-11,14,18,20H,3-9H2,1-2H3;2*1H/t14-;;/m1../s1. The molecule has 2 rings (SSSR count). The topological polar surface area (TPSA) is 44.7 Å². The Morgan fingerprint density at radius 1 is 1.26 bits per heavy atom. The summed E-state index contributed by atoms with van der Waals surface area (Å²) in [5.74, 6) is 0.759. The van der Waals surface area contributed by atoms with Crippen LogP contribution in [0.1, 0.15) is 38.3 Å². The van der Waals surface area contributed by atoms with Crippen LogP contribution in [0.2, 0.25) is 0 Å². The smallest absolute Gasteiger partial charge is 0.172 e. The van der Waals surface area contributed by atoms with Crippen LogP contribution in [0.25, 0.3) is 0 Å². The fraction of sp³-hybridized carbons (Fsp3) is 0.625. The van der Waals surface area contributed by atoms with Crippen LogP contribution in [0.15, 0.2) is 16.6 Å². The number of phenolic OH excluding ortho intramolecular Hbond substituents is 1. The van der Waals surface area contributed by atoms with E-state index in [1.807, 2.05) is 19.1 Å². The van der Waals surface area contributed by atoms with Gasteiger partial charge in [-0.25, -0.2) is 0 Å². The van der Waals surface area contributed by atoms with Crippen LogP contribution in [0, 0.1) is 0 Å². The predicted molar refractivity (Wildman–Crippen MR) is 104 cm³/mol. The number of halogens is 3. The Morgan fingerprint density at radius 3 is 2.48 bits per heavy atom. The second kappa shape index (κ2) is 11.4. The molecule has 0 radical (unpaired) electrons. The first kappa shape index (κ1) is 22.8. The van der Waals surface area contributed by atoms with Gasteiger partial charge in [0, 0.05) is 32.2 Å². The van der Waals surface area contributed by atoms with Crippen LogP contribution in [0.4, 0.5) is 0 Å². The molecule has 134 valence electrons. The molecule has 23 heavy (non-hydrogen) atoms. The number of nitrogens with zero attached hydrogens (tertiary/aromatic N) is 1. The molecule has 1 aromatic carbocycles. The quantitative estimate of drug-likeness (QED) is 0.712. The Hall–Kier alpha value is -0.200. The molecule has 0 aliphatic carbocycles. The third-order valence-corrected chi connectivity index (χ3v) is 4.49. The Labute approximate surface area is 159 Å². The number of phenols is 1. The largest absolute Gasteiger partial charge is 0.503 e. The fourth-order valence-corrected chi connectivity index (χ4v) is 3.34. The maximum Gasteiger partial charge on any atom is 0.172 e. The molecule has 1 heterocycles. The van der Waals surface area contributed by atoms with Gasteiger partial charge in [0.1, 0.15) is 0 Å². The molecule has 0 spiro atoms. The van der Waals surface area contributed by atoms with E-state index in [9.17, 15) is 5.11 Å². The zero-order chi connectivity index (χ0) is 15.2. The van der Waals surface area contributed by atoms with Gasteiger partial charge in [0.25, 0.3) is 0 Å². The van der Waals surface area contributed by atoms with Gasteiger partial charge in [0.15, 0.2) is 11.5 Å². The molecule has 1 aliphatic rings. The zero-order valence-corrected chi connectivity index (χ0v) is 16.9. The molecule has 7 heteroatoms. The molecular formula is C16H27BrCl2N2O2. The van der Waals surface area contributed by atoms with Crippen molar-refractivity contribution in [2.45, 2.75) is 32.7 Å². The second-order valence-electron chi connectivity index (χ2n) is 5.37. The average molecular weight is 430 g/mol. The number of piperazine rings is 1. The second-order valence-corrected chi connectivity index (χ2v) is 6.23. The summed E-state index contributed by atoms with van der Waals surface area (Å²) in [6.45, 7) is 8.90. The van der Waals surface area contributed by atoms with Crippen molar-refractivity contribution in [3.63, 3.8) is 0 Å². The minimum Gasteiger partial charge on any atom is -0.503 e. The van der Waals surface area contributed by atoms with Crippen LogP contribution in [-0.4, -0.2) is 42.8 Å². The first-order valence-corrected chi connectivity index (χ1v) is 8.56. The van der Waals surface area contributed by atoms with Crippen molar-refractivity contribution in [2.24, 2.45) is 0 Å². The van der Waals surface area contributed by atoms with E-state index in [-0.39, 0.29) is 30.6 Å². The van der Waals surface area contributed by atoms with Gasteiger partial charge in [-0.15, -0.1) is 24.8 Å². The van der Waals surface area contributed by atoms with Crippen molar-refractivity contribution in [1.82, 2.24) is 10.2 Å². The molecule has 4 nitrogen and oxygen atoms in total. The molecule has 0 saturated carbocycles. The molecule has 0 aromatic heterocycles. The summed E-state index contributed by atoms with van der Waals surface area (Å²) in [6.07, 6.45) is 2.25. The summed E-state index contributed by atoms with van der Waals surface area (Å²) >= 11 is 3.45. The molecular weight excluding hydrogens is 403 g/mol. The van der Waals surface area contributed by atoms with Crippen LogP contribution in [-0.2, 0) is 0 Å². The number of hydrogen-bond donors (Lipinski definition) is 2. The van der Waals surface area contributed by atoms with Crippen molar-refractivity contribution < 1.29 is 9.84 Å². The first-order valence-electron chi connectivity index (χ1n) is 7.77. The van der Waals surface area contributed by atoms with E-state index in [1.165, 1.54) is 5.56 Å². The highest BCUT2D eigenvalue weighted by molar-refractivity contribution is 9.10. The summed E-state index contributed by atoms with van der Waals surface area (Å²) in [4.78, 5) is 2.52. The molecule has 0 bridgehead atoms. The molecule has 0 unspecified atom stereocenters. The van der Waals surface area contributed by atoms with Gasteiger partial charge in [-0.2, -0.15) is 0 Å². The molecule has 2 N–H and O–H groups in total. The van der Waals surface area contributed by atoms with Crippen molar-refractivity contribution in [1.29, 1.82) is 0 Å². The summed E-state index contributed by atoms with van der Waals surface area (Å²) in [7, 11) is 0. The lowest BCUT2D eigenvalue weighted by Crippen LogP contribution is -2.45.